The first-order valence-electron chi connectivity index (χ1n) is 9.49. The lowest BCUT2D eigenvalue weighted by atomic mass is 10.1. The summed E-state index contributed by atoms with van der Waals surface area (Å²) in [5.41, 5.74) is 0.944. The molecular formula is C22H21N3O7. The molecule has 2 aromatic rings. The molecule has 0 unspecified atom stereocenters. The van der Waals surface area contributed by atoms with Gasteiger partial charge in [0.25, 0.3) is 11.8 Å². The summed E-state index contributed by atoms with van der Waals surface area (Å²) in [4.78, 5) is 49.0. The largest absolute Gasteiger partial charge is 0.493 e. The lowest BCUT2D eigenvalue weighted by Gasteiger charge is -2.14. The van der Waals surface area contributed by atoms with Gasteiger partial charge < -0.3 is 24.8 Å². The van der Waals surface area contributed by atoms with Crippen molar-refractivity contribution < 1.29 is 33.4 Å². The van der Waals surface area contributed by atoms with Crippen LogP contribution in [-0.4, -0.2) is 56.1 Å². The molecule has 166 valence electrons. The number of hydrogen-bond donors (Lipinski definition) is 2. The number of carbonyl (C=O) groups excluding carboxylic acids is 4. The van der Waals surface area contributed by atoms with Gasteiger partial charge in [-0.3, -0.25) is 14.4 Å². The van der Waals surface area contributed by atoms with E-state index in [1.807, 2.05) is 6.07 Å². The molecule has 1 aliphatic heterocycles. The zero-order chi connectivity index (χ0) is 23.1. The number of hydrogen-bond acceptors (Lipinski definition) is 7. The fourth-order valence-electron chi connectivity index (χ4n) is 2.88. The third-order valence-corrected chi connectivity index (χ3v) is 4.41. The van der Waals surface area contributed by atoms with E-state index in [-0.39, 0.29) is 18.1 Å². The number of anilines is 1. The van der Waals surface area contributed by atoms with Crippen molar-refractivity contribution in [1.29, 1.82) is 0 Å². The number of esters is 1. The van der Waals surface area contributed by atoms with Gasteiger partial charge in [-0.15, -0.1) is 0 Å². The molecule has 0 bridgehead atoms. The van der Waals surface area contributed by atoms with E-state index in [2.05, 4.69) is 15.4 Å². The molecule has 1 aliphatic rings. The van der Waals surface area contributed by atoms with Crippen LogP contribution in [0.5, 0.6) is 11.5 Å². The van der Waals surface area contributed by atoms with E-state index in [1.165, 1.54) is 13.2 Å². The molecule has 1 heterocycles. The maximum atomic E-state index is 12.5. The Morgan fingerprint density at radius 1 is 1.06 bits per heavy atom. The number of benzene rings is 2. The van der Waals surface area contributed by atoms with Crippen LogP contribution in [0, 0.1) is 0 Å². The van der Waals surface area contributed by atoms with Crippen LogP contribution in [0.2, 0.25) is 0 Å². The van der Waals surface area contributed by atoms with Crippen molar-refractivity contribution in [3.05, 3.63) is 59.8 Å². The van der Waals surface area contributed by atoms with E-state index < -0.39 is 30.4 Å². The van der Waals surface area contributed by atoms with Crippen LogP contribution in [0.3, 0.4) is 0 Å². The highest BCUT2D eigenvalue weighted by atomic mass is 16.5. The van der Waals surface area contributed by atoms with Gasteiger partial charge in [-0.1, -0.05) is 30.3 Å². The summed E-state index contributed by atoms with van der Waals surface area (Å²) < 4.78 is 15.5. The maximum Gasteiger partial charge on any atom is 0.329 e. The Labute approximate surface area is 183 Å². The van der Waals surface area contributed by atoms with Crippen LogP contribution in [0.25, 0.3) is 6.08 Å². The van der Waals surface area contributed by atoms with Gasteiger partial charge in [-0.2, -0.15) is 0 Å². The second-order valence-corrected chi connectivity index (χ2v) is 6.54. The lowest BCUT2D eigenvalue weighted by molar-refractivity contribution is -0.143. The Hall–Kier alpha value is -4.34. The van der Waals surface area contributed by atoms with Crippen molar-refractivity contribution in [3.63, 3.8) is 0 Å². The van der Waals surface area contributed by atoms with Crippen LogP contribution in [0.1, 0.15) is 5.56 Å². The smallest absolute Gasteiger partial charge is 0.329 e. The molecule has 0 aromatic heterocycles. The normalized spacial score (nSPS) is 14.2. The molecule has 0 spiro atoms. The average molecular weight is 439 g/mol. The predicted octanol–water partition coefficient (Wildman–Crippen LogP) is 1.78. The van der Waals surface area contributed by atoms with Gasteiger partial charge in [-0.25, -0.2) is 9.69 Å². The molecule has 10 heteroatoms. The lowest BCUT2D eigenvalue weighted by Crippen LogP contribution is -2.36. The topological polar surface area (TPSA) is 123 Å². The first-order chi connectivity index (χ1) is 15.4. The highest BCUT2D eigenvalue weighted by molar-refractivity contribution is 6.15. The summed E-state index contributed by atoms with van der Waals surface area (Å²) in [6, 6.07) is 13.1. The quantitative estimate of drug-likeness (QED) is 0.365. The molecule has 3 rings (SSSR count). The molecule has 2 N–H and O–H groups in total. The minimum atomic E-state index is -0.751. The first kappa shape index (κ1) is 22.3. The number of rotatable bonds is 8. The van der Waals surface area contributed by atoms with Crippen molar-refractivity contribution >= 4 is 35.6 Å². The van der Waals surface area contributed by atoms with Gasteiger partial charge in [0.2, 0.25) is 0 Å². The molecule has 10 nitrogen and oxygen atoms in total. The monoisotopic (exact) mass is 439 g/mol. The number of para-hydroxylation sites is 2. The summed E-state index contributed by atoms with van der Waals surface area (Å²) in [5, 5.41) is 5.11. The van der Waals surface area contributed by atoms with Gasteiger partial charge in [0.1, 0.15) is 12.2 Å². The van der Waals surface area contributed by atoms with Crippen molar-refractivity contribution in [1.82, 2.24) is 10.2 Å². The van der Waals surface area contributed by atoms with Crippen LogP contribution >= 0.6 is 0 Å². The zero-order valence-electron chi connectivity index (χ0n) is 17.4. The maximum absolute atomic E-state index is 12.5. The molecule has 32 heavy (non-hydrogen) atoms. The Morgan fingerprint density at radius 3 is 2.50 bits per heavy atom. The van der Waals surface area contributed by atoms with Crippen molar-refractivity contribution in [2.24, 2.45) is 0 Å². The summed E-state index contributed by atoms with van der Waals surface area (Å²) in [6.07, 6.45) is 1.38. The molecule has 0 saturated carbocycles. The highest BCUT2D eigenvalue weighted by Gasteiger charge is 2.35. The van der Waals surface area contributed by atoms with E-state index in [0.29, 0.717) is 17.0 Å². The fraction of sp³-hybridized carbons (Fsp3) is 0.182. The summed E-state index contributed by atoms with van der Waals surface area (Å²) >= 11 is 0. The molecular weight excluding hydrogens is 418 g/mol. The van der Waals surface area contributed by atoms with Crippen LogP contribution < -0.4 is 20.1 Å². The van der Waals surface area contributed by atoms with E-state index in [9.17, 15) is 19.2 Å². The number of amides is 4. The Bertz CT molecular complexity index is 1070. The minimum absolute atomic E-state index is 0.0641. The molecule has 4 amide bonds. The summed E-state index contributed by atoms with van der Waals surface area (Å²) in [7, 11) is 2.59. The van der Waals surface area contributed by atoms with Gasteiger partial charge in [0.15, 0.2) is 18.1 Å². The highest BCUT2D eigenvalue weighted by Crippen LogP contribution is 2.33. The molecule has 1 fully saturated rings. The van der Waals surface area contributed by atoms with E-state index in [4.69, 9.17) is 9.47 Å². The third-order valence-electron chi connectivity index (χ3n) is 4.41. The van der Waals surface area contributed by atoms with Crippen molar-refractivity contribution in [2.75, 3.05) is 32.7 Å². The first-order valence-corrected chi connectivity index (χ1v) is 9.49. The van der Waals surface area contributed by atoms with Gasteiger partial charge in [0, 0.05) is 11.3 Å². The predicted molar refractivity (Wildman–Crippen MR) is 114 cm³/mol. The van der Waals surface area contributed by atoms with Gasteiger partial charge in [-0.05, 0) is 24.3 Å². The Kier molecular flexibility index (Phi) is 7.06. The van der Waals surface area contributed by atoms with Crippen LogP contribution in [-0.2, 0) is 19.1 Å². The molecule has 1 saturated heterocycles. The van der Waals surface area contributed by atoms with E-state index in [1.54, 1.807) is 42.5 Å². The number of imide groups is 1. The second kappa shape index (κ2) is 10.1. The van der Waals surface area contributed by atoms with Gasteiger partial charge in [0.05, 0.1) is 14.2 Å². The third kappa shape index (κ3) is 5.22. The Morgan fingerprint density at radius 2 is 1.81 bits per heavy atom. The van der Waals surface area contributed by atoms with E-state index >= 15 is 0 Å². The number of methoxy groups -OCH3 is 2. The number of ether oxygens (including phenoxy) is 3. The second-order valence-electron chi connectivity index (χ2n) is 6.54. The van der Waals surface area contributed by atoms with Gasteiger partial charge >= 0.3 is 12.0 Å². The number of nitrogens with zero attached hydrogens (tertiary/aromatic N) is 1. The fourth-order valence-corrected chi connectivity index (χ4v) is 2.88. The van der Waals surface area contributed by atoms with E-state index in [0.717, 1.165) is 12.0 Å². The van der Waals surface area contributed by atoms with Crippen molar-refractivity contribution in [3.8, 4) is 11.5 Å². The SMILES string of the molecule is COC(=O)CN1C(=O)N/C(=C/c2cccc(OC)c2OCC(=O)Nc2ccccc2)C1=O. The standard InChI is InChI=1S/C22H21N3O7/c1-30-17-10-6-7-14(11-16-21(28)25(22(29)24-16)12-19(27)31-2)20(17)32-13-18(26)23-15-8-4-3-5-9-15/h3-11H,12-13H2,1-2H3,(H,23,26)(H,24,29)/b16-11+. The summed E-state index contributed by atoms with van der Waals surface area (Å²) in [6.45, 7) is -0.833. The van der Waals surface area contributed by atoms with Crippen molar-refractivity contribution in [2.45, 2.75) is 0 Å². The molecule has 0 radical (unpaired) electrons. The zero-order valence-corrected chi connectivity index (χ0v) is 17.4. The van der Waals surface area contributed by atoms with Crippen LogP contribution in [0.15, 0.2) is 54.2 Å². The molecule has 0 aliphatic carbocycles. The van der Waals surface area contributed by atoms with Crippen LogP contribution in [0.4, 0.5) is 10.5 Å². The number of carbonyl (C=O) groups is 4. The molecule has 2 aromatic carbocycles. The number of nitrogens with one attached hydrogen (secondary N) is 2. The molecule has 0 atom stereocenters. The Balaban J connectivity index is 1.79. The minimum Gasteiger partial charge on any atom is -0.493 e. The average Bonchev–Trinajstić information content (AvgIpc) is 3.05. The number of urea groups is 1. The summed E-state index contributed by atoms with van der Waals surface area (Å²) in [5.74, 6) is -1.29.